The third-order valence-electron chi connectivity index (χ3n) is 3.49. The molecule has 0 saturated carbocycles. The summed E-state index contributed by atoms with van der Waals surface area (Å²) in [6.07, 6.45) is 1.87. The molecule has 2 fully saturated rings. The Morgan fingerprint density at radius 3 is 2.69 bits per heavy atom. The summed E-state index contributed by atoms with van der Waals surface area (Å²) in [6.45, 7) is 3.16. The molecule has 5 heteroatoms. The van der Waals surface area contributed by atoms with Gasteiger partial charge in [-0.05, 0) is 18.8 Å². The van der Waals surface area contributed by atoms with Crippen molar-refractivity contribution < 1.29 is 14.7 Å². The molecule has 2 N–H and O–H groups in total. The summed E-state index contributed by atoms with van der Waals surface area (Å²) in [5.41, 5.74) is 0. The Balaban J connectivity index is 1.74. The van der Waals surface area contributed by atoms with E-state index in [1.54, 1.807) is 0 Å². The summed E-state index contributed by atoms with van der Waals surface area (Å²) in [5.74, 6) is 0.0517. The summed E-state index contributed by atoms with van der Waals surface area (Å²) in [5, 5.41) is 11.7. The molecule has 2 aliphatic rings. The van der Waals surface area contributed by atoms with Crippen LogP contribution >= 0.6 is 0 Å². The molecule has 2 saturated heterocycles. The Morgan fingerprint density at radius 2 is 2.12 bits per heavy atom. The van der Waals surface area contributed by atoms with Gasteiger partial charge in [-0.1, -0.05) is 0 Å². The van der Waals surface area contributed by atoms with Crippen LogP contribution in [0.25, 0.3) is 0 Å². The third kappa shape index (κ3) is 2.52. The predicted octanol–water partition coefficient (Wildman–Crippen LogP) is -0.0809. The Bertz CT molecular complexity index is 289. The number of carboxylic acid groups (broad SMARTS) is 1. The summed E-state index contributed by atoms with van der Waals surface area (Å²) in [7, 11) is 0. The van der Waals surface area contributed by atoms with Crippen LogP contribution in [0.2, 0.25) is 0 Å². The van der Waals surface area contributed by atoms with E-state index in [0.717, 1.165) is 32.6 Å². The van der Waals surface area contributed by atoms with Gasteiger partial charge in [-0.25, -0.2) is 0 Å². The predicted molar refractivity (Wildman–Crippen MR) is 57.9 cm³/mol. The average molecular weight is 226 g/mol. The molecule has 2 heterocycles. The lowest BCUT2D eigenvalue weighted by Gasteiger charge is -2.30. The van der Waals surface area contributed by atoms with Crippen LogP contribution in [0.1, 0.15) is 19.3 Å². The third-order valence-corrected chi connectivity index (χ3v) is 3.49. The second kappa shape index (κ2) is 4.82. The normalized spacial score (nSPS) is 25.5. The summed E-state index contributed by atoms with van der Waals surface area (Å²) < 4.78 is 0. The molecule has 0 aliphatic carbocycles. The number of carbonyl (C=O) groups is 2. The maximum atomic E-state index is 11.9. The van der Waals surface area contributed by atoms with Crippen LogP contribution in [0.3, 0.4) is 0 Å². The van der Waals surface area contributed by atoms with Crippen LogP contribution in [-0.4, -0.2) is 48.1 Å². The Labute approximate surface area is 94.8 Å². The van der Waals surface area contributed by atoms with Gasteiger partial charge in [-0.3, -0.25) is 9.59 Å². The fraction of sp³-hybridized carbons (Fsp3) is 0.818. The molecule has 1 amide bonds. The molecule has 0 aromatic carbocycles. The molecule has 1 atom stereocenters. The highest BCUT2D eigenvalue weighted by atomic mass is 16.4. The highest BCUT2D eigenvalue weighted by Crippen LogP contribution is 2.23. The molecule has 5 nitrogen and oxygen atoms in total. The van der Waals surface area contributed by atoms with Crippen LogP contribution in [0.5, 0.6) is 0 Å². The van der Waals surface area contributed by atoms with Gasteiger partial charge in [0.25, 0.3) is 0 Å². The minimum absolute atomic E-state index is 0.165. The molecule has 2 aliphatic heterocycles. The minimum Gasteiger partial charge on any atom is -0.481 e. The number of likely N-dealkylation sites (tertiary alicyclic amines) is 1. The minimum atomic E-state index is -0.743. The number of amides is 1. The number of hydrogen-bond donors (Lipinski definition) is 2. The van der Waals surface area contributed by atoms with Crippen LogP contribution < -0.4 is 5.32 Å². The lowest BCUT2D eigenvalue weighted by atomic mass is 10.0. The van der Waals surface area contributed by atoms with Crippen LogP contribution in [0.4, 0.5) is 0 Å². The average Bonchev–Trinajstić information content (AvgIpc) is 2.60. The van der Waals surface area contributed by atoms with E-state index in [4.69, 9.17) is 5.11 Å². The smallest absolute Gasteiger partial charge is 0.303 e. The van der Waals surface area contributed by atoms with E-state index >= 15 is 0 Å². The van der Waals surface area contributed by atoms with Crippen LogP contribution in [0, 0.1) is 11.8 Å². The van der Waals surface area contributed by atoms with Crippen molar-refractivity contribution in [3.05, 3.63) is 0 Å². The van der Waals surface area contributed by atoms with Crippen molar-refractivity contribution in [3.8, 4) is 0 Å². The van der Waals surface area contributed by atoms with E-state index in [1.807, 2.05) is 4.90 Å². The van der Waals surface area contributed by atoms with Gasteiger partial charge in [0.1, 0.15) is 0 Å². The van der Waals surface area contributed by atoms with Crippen molar-refractivity contribution in [1.82, 2.24) is 10.2 Å². The monoisotopic (exact) mass is 226 g/mol. The van der Waals surface area contributed by atoms with E-state index in [0.29, 0.717) is 12.3 Å². The Hall–Kier alpha value is -1.10. The van der Waals surface area contributed by atoms with Gasteiger partial charge < -0.3 is 15.3 Å². The van der Waals surface area contributed by atoms with Gasteiger partial charge in [0.05, 0.1) is 5.92 Å². The number of rotatable bonds is 4. The highest BCUT2D eigenvalue weighted by Gasteiger charge is 2.33. The molecule has 0 aromatic rings. The summed E-state index contributed by atoms with van der Waals surface area (Å²) in [6, 6.07) is 0. The van der Waals surface area contributed by atoms with Gasteiger partial charge in [0.15, 0.2) is 0 Å². The Kier molecular flexibility index (Phi) is 3.43. The molecular weight excluding hydrogens is 208 g/mol. The number of nitrogens with one attached hydrogen (secondary N) is 1. The summed E-state index contributed by atoms with van der Waals surface area (Å²) in [4.78, 5) is 24.2. The SMILES string of the molecule is O=C(O)CCC1CCN(C(=O)C2CNC2)C1. The van der Waals surface area contributed by atoms with Gasteiger partial charge >= 0.3 is 5.97 Å². The van der Waals surface area contributed by atoms with Crippen molar-refractivity contribution in [3.63, 3.8) is 0 Å². The van der Waals surface area contributed by atoms with Crippen molar-refractivity contribution >= 4 is 11.9 Å². The maximum absolute atomic E-state index is 11.9. The zero-order chi connectivity index (χ0) is 11.5. The Morgan fingerprint density at radius 1 is 1.38 bits per heavy atom. The second-order valence-electron chi connectivity index (χ2n) is 4.73. The van der Waals surface area contributed by atoms with Crippen molar-refractivity contribution in [1.29, 1.82) is 0 Å². The first-order valence-electron chi connectivity index (χ1n) is 5.88. The molecular formula is C11H18N2O3. The number of hydrogen-bond acceptors (Lipinski definition) is 3. The molecule has 2 rings (SSSR count). The first kappa shape index (κ1) is 11.4. The molecule has 90 valence electrons. The maximum Gasteiger partial charge on any atom is 0.303 e. The number of nitrogens with zero attached hydrogens (tertiary/aromatic N) is 1. The zero-order valence-electron chi connectivity index (χ0n) is 9.32. The summed E-state index contributed by atoms with van der Waals surface area (Å²) >= 11 is 0. The van der Waals surface area contributed by atoms with Gasteiger partial charge in [-0.2, -0.15) is 0 Å². The van der Waals surface area contributed by atoms with Crippen molar-refractivity contribution in [2.24, 2.45) is 11.8 Å². The van der Waals surface area contributed by atoms with E-state index in [2.05, 4.69) is 5.32 Å². The number of aliphatic carboxylic acids is 1. The zero-order valence-corrected chi connectivity index (χ0v) is 9.32. The van der Waals surface area contributed by atoms with Gasteiger partial charge in [-0.15, -0.1) is 0 Å². The fourth-order valence-corrected chi connectivity index (χ4v) is 2.32. The molecule has 16 heavy (non-hydrogen) atoms. The quantitative estimate of drug-likeness (QED) is 0.703. The highest BCUT2D eigenvalue weighted by molar-refractivity contribution is 5.80. The van der Waals surface area contributed by atoms with E-state index in [1.165, 1.54) is 0 Å². The van der Waals surface area contributed by atoms with Crippen molar-refractivity contribution in [2.45, 2.75) is 19.3 Å². The number of carboxylic acids is 1. The number of carbonyl (C=O) groups excluding carboxylic acids is 1. The second-order valence-corrected chi connectivity index (χ2v) is 4.73. The molecule has 0 aromatic heterocycles. The van der Waals surface area contributed by atoms with Gasteiger partial charge in [0, 0.05) is 32.6 Å². The first-order valence-corrected chi connectivity index (χ1v) is 5.88. The van der Waals surface area contributed by atoms with Gasteiger partial charge in [0.2, 0.25) is 5.91 Å². The van der Waals surface area contributed by atoms with E-state index in [-0.39, 0.29) is 18.2 Å². The van der Waals surface area contributed by atoms with E-state index in [9.17, 15) is 9.59 Å². The largest absolute Gasteiger partial charge is 0.481 e. The van der Waals surface area contributed by atoms with Crippen LogP contribution in [0.15, 0.2) is 0 Å². The molecule has 0 radical (unpaired) electrons. The molecule has 1 unspecified atom stereocenters. The van der Waals surface area contributed by atoms with E-state index < -0.39 is 5.97 Å². The van der Waals surface area contributed by atoms with Crippen molar-refractivity contribution in [2.75, 3.05) is 26.2 Å². The topological polar surface area (TPSA) is 69.6 Å². The standard InChI is InChI=1S/C11H18N2O3/c14-10(15)2-1-8-3-4-13(7-8)11(16)9-5-12-6-9/h8-9,12H,1-7H2,(H,14,15). The fourth-order valence-electron chi connectivity index (χ4n) is 2.32. The lowest BCUT2D eigenvalue weighted by Crippen LogP contribution is -2.51. The first-order chi connectivity index (χ1) is 7.66. The lowest BCUT2D eigenvalue weighted by molar-refractivity contribution is -0.137. The molecule has 0 spiro atoms. The van der Waals surface area contributed by atoms with Crippen LogP contribution in [-0.2, 0) is 9.59 Å². The molecule has 0 bridgehead atoms.